The molecule has 0 heterocycles. The highest BCUT2D eigenvalue weighted by atomic mass is 16.5. The lowest BCUT2D eigenvalue weighted by molar-refractivity contribution is 0.0961. The van der Waals surface area contributed by atoms with Gasteiger partial charge in [-0.15, -0.1) is 0 Å². The topological polar surface area (TPSA) is 67.4 Å². The van der Waals surface area contributed by atoms with Crippen molar-refractivity contribution in [2.24, 2.45) is 0 Å². The molecular weight excluding hydrogens is 280 g/mol. The van der Waals surface area contributed by atoms with Gasteiger partial charge in [0.1, 0.15) is 0 Å². The van der Waals surface area contributed by atoms with E-state index < -0.39 is 0 Å². The van der Waals surface area contributed by atoms with E-state index >= 15 is 0 Å². The maximum Gasteiger partial charge on any atom is 0.255 e. The number of methoxy groups -OCH3 is 1. The zero-order valence-electron chi connectivity index (χ0n) is 12.6. The van der Waals surface area contributed by atoms with Crippen LogP contribution >= 0.6 is 0 Å². The minimum Gasteiger partial charge on any atom is -0.380 e. The van der Waals surface area contributed by atoms with Crippen molar-refractivity contribution in [3.05, 3.63) is 65.2 Å². The van der Waals surface area contributed by atoms with E-state index in [2.05, 4.69) is 10.6 Å². The van der Waals surface area contributed by atoms with Gasteiger partial charge in [-0.3, -0.25) is 9.59 Å². The molecule has 114 valence electrons. The number of carbonyl (C=O) groups excluding carboxylic acids is 2. The molecule has 0 unspecified atom stereocenters. The second-order valence-electron chi connectivity index (χ2n) is 4.74. The molecule has 2 N–H and O–H groups in total. The monoisotopic (exact) mass is 298 g/mol. The van der Waals surface area contributed by atoms with Gasteiger partial charge in [0.15, 0.2) is 0 Å². The second-order valence-corrected chi connectivity index (χ2v) is 4.74. The van der Waals surface area contributed by atoms with Crippen LogP contribution in [-0.2, 0) is 11.3 Å². The third kappa shape index (κ3) is 3.93. The molecule has 0 saturated heterocycles. The van der Waals surface area contributed by atoms with Crippen molar-refractivity contribution in [2.45, 2.75) is 6.61 Å². The fraction of sp³-hybridized carbons (Fsp3) is 0.176. The third-order valence-electron chi connectivity index (χ3n) is 3.14. The van der Waals surface area contributed by atoms with Crippen LogP contribution in [0.25, 0.3) is 0 Å². The van der Waals surface area contributed by atoms with Gasteiger partial charge in [0.2, 0.25) is 0 Å². The second kappa shape index (κ2) is 7.38. The summed E-state index contributed by atoms with van der Waals surface area (Å²) < 4.78 is 5.03. The van der Waals surface area contributed by atoms with Gasteiger partial charge in [0.05, 0.1) is 6.61 Å². The molecule has 5 nitrogen and oxygen atoms in total. The average Bonchev–Trinajstić information content (AvgIpc) is 2.55. The van der Waals surface area contributed by atoms with Crippen LogP contribution in [0.3, 0.4) is 0 Å². The van der Waals surface area contributed by atoms with Crippen LogP contribution in [-0.4, -0.2) is 26.0 Å². The highest BCUT2D eigenvalue weighted by Crippen LogP contribution is 2.13. The van der Waals surface area contributed by atoms with E-state index in [1.165, 1.54) is 0 Å². The summed E-state index contributed by atoms with van der Waals surface area (Å²) in [4.78, 5) is 23.8. The van der Waals surface area contributed by atoms with Crippen LogP contribution in [0.5, 0.6) is 0 Å². The Bertz CT molecular complexity index is 666. The van der Waals surface area contributed by atoms with Crippen molar-refractivity contribution >= 4 is 17.5 Å². The summed E-state index contributed by atoms with van der Waals surface area (Å²) in [5, 5.41) is 5.33. The third-order valence-corrected chi connectivity index (χ3v) is 3.14. The number of carbonyl (C=O) groups is 2. The number of ether oxygens (including phenoxy) is 1. The Labute approximate surface area is 129 Å². The van der Waals surface area contributed by atoms with Crippen molar-refractivity contribution in [2.75, 3.05) is 19.5 Å². The maximum absolute atomic E-state index is 12.2. The van der Waals surface area contributed by atoms with E-state index in [1.807, 2.05) is 12.1 Å². The molecule has 2 aromatic carbocycles. The molecule has 2 aromatic rings. The molecule has 0 atom stereocenters. The lowest BCUT2D eigenvalue weighted by Crippen LogP contribution is -2.18. The highest BCUT2D eigenvalue weighted by Gasteiger charge is 2.08. The first-order valence-electron chi connectivity index (χ1n) is 6.85. The largest absolute Gasteiger partial charge is 0.380 e. The number of benzene rings is 2. The van der Waals surface area contributed by atoms with E-state index in [1.54, 1.807) is 50.6 Å². The lowest BCUT2D eigenvalue weighted by atomic mass is 10.1. The van der Waals surface area contributed by atoms with Crippen LogP contribution in [0.1, 0.15) is 26.3 Å². The molecular formula is C17H18N2O3. The summed E-state index contributed by atoms with van der Waals surface area (Å²) in [6.07, 6.45) is 0. The van der Waals surface area contributed by atoms with Gasteiger partial charge in [-0.1, -0.05) is 18.2 Å². The lowest BCUT2D eigenvalue weighted by Gasteiger charge is -2.08. The van der Waals surface area contributed by atoms with Gasteiger partial charge in [-0.25, -0.2) is 0 Å². The maximum atomic E-state index is 12.2. The summed E-state index contributed by atoms with van der Waals surface area (Å²) in [7, 11) is 3.19. The summed E-state index contributed by atoms with van der Waals surface area (Å²) in [6, 6.07) is 14.0. The zero-order valence-corrected chi connectivity index (χ0v) is 12.6. The van der Waals surface area contributed by atoms with Gasteiger partial charge in [0.25, 0.3) is 11.8 Å². The van der Waals surface area contributed by atoms with E-state index in [-0.39, 0.29) is 11.8 Å². The number of hydrogen-bond acceptors (Lipinski definition) is 3. The predicted octanol–water partition coefficient (Wildman–Crippen LogP) is 2.44. The van der Waals surface area contributed by atoms with Crippen LogP contribution < -0.4 is 10.6 Å². The summed E-state index contributed by atoms with van der Waals surface area (Å²) in [5.41, 5.74) is 2.62. The SMILES string of the molecule is CNC(=O)c1cccc(NC(=O)c2ccc(COC)cc2)c1. The smallest absolute Gasteiger partial charge is 0.255 e. The Balaban J connectivity index is 2.09. The van der Waals surface area contributed by atoms with Gasteiger partial charge in [-0.05, 0) is 35.9 Å². The minimum atomic E-state index is -0.224. The molecule has 2 amide bonds. The molecule has 22 heavy (non-hydrogen) atoms. The fourth-order valence-electron chi connectivity index (χ4n) is 2.00. The van der Waals surface area contributed by atoms with Crippen molar-refractivity contribution in [3.63, 3.8) is 0 Å². The predicted molar refractivity (Wildman–Crippen MR) is 84.9 cm³/mol. The van der Waals surface area contributed by atoms with Gasteiger partial charge in [0, 0.05) is 31.0 Å². The molecule has 0 bridgehead atoms. The number of hydrogen-bond donors (Lipinski definition) is 2. The first-order valence-corrected chi connectivity index (χ1v) is 6.85. The Hall–Kier alpha value is -2.66. The van der Waals surface area contributed by atoms with E-state index in [0.717, 1.165) is 5.56 Å². The molecule has 0 radical (unpaired) electrons. The Morgan fingerprint density at radius 3 is 2.36 bits per heavy atom. The Morgan fingerprint density at radius 2 is 1.73 bits per heavy atom. The summed E-state index contributed by atoms with van der Waals surface area (Å²) in [6.45, 7) is 0.510. The summed E-state index contributed by atoms with van der Waals surface area (Å²) in [5.74, 6) is -0.418. The molecule has 0 saturated carbocycles. The van der Waals surface area contributed by atoms with Crippen LogP contribution in [0.2, 0.25) is 0 Å². The van der Waals surface area contributed by atoms with E-state index in [9.17, 15) is 9.59 Å². The fourth-order valence-corrected chi connectivity index (χ4v) is 2.00. The molecule has 0 fully saturated rings. The molecule has 0 spiro atoms. The number of anilines is 1. The standard InChI is InChI=1S/C17H18N2O3/c1-18-16(20)14-4-3-5-15(10-14)19-17(21)13-8-6-12(7-9-13)11-22-2/h3-10H,11H2,1-2H3,(H,18,20)(H,19,21). The molecule has 0 aliphatic heterocycles. The van der Waals surface area contributed by atoms with Crippen molar-refractivity contribution in [1.82, 2.24) is 5.32 Å². The van der Waals surface area contributed by atoms with E-state index in [0.29, 0.717) is 23.4 Å². The quantitative estimate of drug-likeness (QED) is 0.891. The van der Waals surface area contributed by atoms with Crippen LogP contribution in [0.4, 0.5) is 5.69 Å². The van der Waals surface area contributed by atoms with Crippen molar-refractivity contribution in [1.29, 1.82) is 0 Å². The molecule has 5 heteroatoms. The zero-order chi connectivity index (χ0) is 15.9. The van der Waals surface area contributed by atoms with E-state index in [4.69, 9.17) is 4.74 Å². The van der Waals surface area contributed by atoms with Crippen LogP contribution in [0, 0.1) is 0 Å². The Kier molecular flexibility index (Phi) is 5.27. The van der Waals surface area contributed by atoms with Gasteiger partial charge >= 0.3 is 0 Å². The first kappa shape index (κ1) is 15.7. The molecule has 0 aliphatic rings. The van der Waals surface area contributed by atoms with Crippen molar-refractivity contribution < 1.29 is 14.3 Å². The number of amides is 2. The number of nitrogens with one attached hydrogen (secondary N) is 2. The molecule has 0 aliphatic carbocycles. The Morgan fingerprint density at radius 1 is 1.00 bits per heavy atom. The molecule has 2 rings (SSSR count). The van der Waals surface area contributed by atoms with Gasteiger partial charge in [-0.2, -0.15) is 0 Å². The first-order chi connectivity index (χ1) is 10.6. The van der Waals surface area contributed by atoms with Crippen molar-refractivity contribution in [3.8, 4) is 0 Å². The minimum absolute atomic E-state index is 0.194. The van der Waals surface area contributed by atoms with Crippen LogP contribution in [0.15, 0.2) is 48.5 Å². The highest BCUT2D eigenvalue weighted by molar-refractivity contribution is 6.05. The average molecular weight is 298 g/mol. The summed E-state index contributed by atoms with van der Waals surface area (Å²) >= 11 is 0. The normalized spacial score (nSPS) is 10.1. The van der Waals surface area contributed by atoms with Gasteiger partial charge < -0.3 is 15.4 Å². The number of rotatable bonds is 5. The molecule has 0 aromatic heterocycles.